The van der Waals surface area contributed by atoms with Crippen LogP contribution in [0.3, 0.4) is 0 Å². The highest BCUT2D eigenvalue weighted by Gasteiger charge is 2.06. The number of aromatic hydroxyl groups is 1. The standard InChI is InChI=1S/C9H12N4O3.C7H8O3S/c1-16-7-2-3-8(14)6(4-7)5-11-12-9(10)13-15;1-6-2-4-7(5-3-6)11(8,9)10/h2-5,14-15H,1H3,(H3,10,12,13);2-5H,1H3,(H,8,9,10). The van der Waals surface area contributed by atoms with Gasteiger partial charge in [0.05, 0.1) is 18.2 Å². The van der Waals surface area contributed by atoms with E-state index in [1.54, 1.807) is 29.7 Å². The summed E-state index contributed by atoms with van der Waals surface area (Å²) >= 11 is 0. The molecule has 2 rings (SSSR count). The van der Waals surface area contributed by atoms with Crippen LogP contribution in [-0.4, -0.2) is 42.6 Å². The normalized spacial score (nSPS) is 11.6. The van der Waals surface area contributed by atoms with E-state index in [2.05, 4.69) is 10.2 Å². The molecular formula is C16H20N4O6S. The Balaban J connectivity index is 0.000000289. The van der Waals surface area contributed by atoms with Crippen LogP contribution >= 0.6 is 0 Å². The number of hydrogen-bond donors (Lipinski definition) is 5. The molecule has 0 saturated heterocycles. The maximum atomic E-state index is 10.5. The van der Waals surface area contributed by atoms with Crippen molar-refractivity contribution in [2.24, 2.45) is 15.9 Å². The molecule has 146 valence electrons. The van der Waals surface area contributed by atoms with E-state index in [-0.39, 0.29) is 16.6 Å². The second kappa shape index (κ2) is 10.1. The lowest BCUT2D eigenvalue weighted by Gasteiger charge is -2.02. The van der Waals surface area contributed by atoms with Crippen LogP contribution in [0.4, 0.5) is 0 Å². The van der Waals surface area contributed by atoms with Crippen molar-refractivity contribution in [3.63, 3.8) is 0 Å². The van der Waals surface area contributed by atoms with Crippen LogP contribution in [0.1, 0.15) is 11.1 Å². The lowest BCUT2D eigenvalue weighted by molar-refractivity contribution is 0.232. The summed E-state index contributed by atoms with van der Waals surface area (Å²) in [6.45, 7) is 1.84. The highest BCUT2D eigenvalue weighted by molar-refractivity contribution is 7.85. The molecular weight excluding hydrogens is 376 g/mol. The lowest BCUT2D eigenvalue weighted by atomic mass is 10.2. The zero-order valence-electron chi connectivity index (χ0n) is 14.6. The molecule has 0 saturated carbocycles. The maximum Gasteiger partial charge on any atom is 0.294 e. The SMILES string of the molecule is COc1ccc(O)c(C=NN=C(N)NO)c1.Cc1ccc(S(=O)(=O)O)cc1. The number of phenols is 1. The maximum absolute atomic E-state index is 10.5. The van der Waals surface area contributed by atoms with Crippen LogP contribution < -0.4 is 16.0 Å². The molecule has 0 aliphatic rings. The van der Waals surface area contributed by atoms with Crippen LogP contribution in [0.2, 0.25) is 0 Å². The summed E-state index contributed by atoms with van der Waals surface area (Å²) in [4.78, 5) is -0.0666. The molecule has 0 spiro atoms. The minimum Gasteiger partial charge on any atom is -0.507 e. The number of hydrogen-bond acceptors (Lipinski definition) is 7. The minimum atomic E-state index is -4.02. The Hall–Kier alpha value is -3.15. The molecule has 2 aromatic rings. The van der Waals surface area contributed by atoms with Crippen LogP contribution in [0.15, 0.2) is 57.6 Å². The molecule has 0 bridgehead atoms. The molecule has 11 heteroatoms. The number of rotatable bonds is 4. The molecule has 27 heavy (non-hydrogen) atoms. The zero-order chi connectivity index (χ0) is 20.4. The fourth-order valence-electron chi connectivity index (χ4n) is 1.65. The largest absolute Gasteiger partial charge is 0.507 e. The smallest absolute Gasteiger partial charge is 0.294 e. The van der Waals surface area contributed by atoms with Gasteiger partial charge < -0.3 is 15.6 Å². The third-order valence-corrected chi connectivity index (χ3v) is 3.90. The Morgan fingerprint density at radius 3 is 2.37 bits per heavy atom. The summed E-state index contributed by atoms with van der Waals surface area (Å²) in [6, 6.07) is 10.6. The van der Waals surface area contributed by atoms with Crippen molar-refractivity contribution in [1.82, 2.24) is 5.48 Å². The second-order valence-electron chi connectivity index (χ2n) is 5.05. The number of ether oxygens (including phenoxy) is 1. The Morgan fingerprint density at radius 2 is 1.85 bits per heavy atom. The van der Waals surface area contributed by atoms with E-state index in [9.17, 15) is 13.5 Å². The van der Waals surface area contributed by atoms with Gasteiger partial charge in [0.15, 0.2) is 0 Å². The van der Waals surface area contributed by atoms with Gasteiger partial charge in [0.2, 0.25) is 5.96 Å². The number of aryl methyl sites for hydroxylation is 1. The van der Waals surface area contributed by atoms with E-state index >= 15 is 0 Å². The fraction of sp³-hybridized carbons (Fsp3) is 0.125. The van der Waals surface area contributed by atoms with E-state index < -0.39 is 10.1 Å². The first kappa shape index (κ1) is 21.9. The number of nitrogens with one attached hydrogen (secondary N) is 1. The highest BCUT2D eigenvalue weighted by atomic mass is 32.2. The monoisotopic (exact) mass is 396 g/mol. The van der Waals surface area contributed by atoms with Crippen molar-refractivity contribution in [2.75, 3.05) is 7.11 Å². The first-order chi connectivity index (χ1) is 12.7. The van der Waals surface area contributed by atoms with Gasteiger partial charge in [-0.15, -0.1) is 5.10 Å². The zero-order valence-corrected chi connectivity index (χ0v) is 15.4. The van der Waals surface area contributed by atoms with E-state index in [1.165, 1.54) is 31.5 Å². The number of methoxy groups -OCH3 is 1. The molecule has 0 heterocycles. The third-order valence-electron chi connectivity index (χ3n) is 3.03. The van der Waals surface area contributed by atoms with Crippen molar-refractivity contribution in [3.05, 3.63) is 53.6 Å². The summed E-state index contributed by atoms with van der Waals surface area (Å²) in [5.41, 5.74) is 8.12. The van der Waals surface area contributed by atoms with Gasteiger partial charge in [-0.2, -0.15) is 13.5 Å². The van der Waals surface area contributed by atoms with E-state index in [4.69, 9.17) is 20.2 Å². The van der Waals surface area contributed by atoms with Gasteiger partial charge >= 0.3 is 0 Å². The molecule has 0 aliphatic carbocycles. The molecule has 0 unspecified atom stereocenters. The number of guanidine groups is 1. The van der Waals surface area contributed by atoms with E-state index in [0.717, 1.165) is 5.56 Å². The molecule has 6 N–H and O–H groups in total. The van der Waals surface area contributed by atoms with Crippen molar-refractivity contribution < 1.29 is 28.0 Å². The molecule has 0 aliphatic heterocycles. The van der Waals surface area contributed by atoms with E-state index in [1.807, 2.05) is 6.92 Å². The van der Waals surface area contributed by atoms with Gasteiger partial charge in [-0.3, -0.25) is 9.76 Å². The predicted molar refractivity (Wildman–Crippen MR) is 99.8 cm³/mol. The van der Waals surface area contributed by atoms with Gasteiger partial charge in [0, 0.05) is 5.56 Å². The van der Waals surface area contributed by atoms with Crippen molar-refractivity contribution in [2.45, 2.75) is 11.8 Å². The van der Waals surface area contributed by atoms with Crippen molar-refractivity contribution in [3.8, 4) is 11.5 Å². The van der Waals surface area contributed by atoms with Gasteiger partial charge in [-0.05, 0) is 37.3 Å². The van der Waals surface area contributed by atoms with Crippen LogP contribution in [0.5, 0.6) is 11.5 Å². The van der Waals surface area contributed by atoms with Crippen LogP contribution in [0, 0.1) is 6.92 Å². The molecule has 0 amide bonds. The molecule has 2 aromatic carbocycles. The molecule has 0 fully saturated rings. The Bertz CT molecular complexity index is 911. The third kappa shape index (κ3) is 7.73. The summed E-state index contributed by atoms with van der Waals surface area (Å²) in [7, 11) is -2.51. The van der Waals surface area contributed by atoms with Crippen LogP contribution in [0.25, 0.3) is 0 Å². The first-order valence-electron chi connectivity index (χ1n) is 7.35. The highest BCUT2D eigenvalue weighted by Crippen LogP contribution is 2.21. The minimum absolute atomic E-state index is 0.0373. The quantitative estimate of drug-likeness (QED) is 0.223. The second-order valence-corrected chi connectivity index (χ2v) is 6.48. The summed E-state index contributed by atoms with van der Waals surface area (Å²) in [6.07, 6.45) is 1.28. The average molecular weight is 396 g/mol. The summed E-state index contributed by atoms with van der Waals surface area (Å²) < 4.78 is 34.5. The Kier molecular flexibility index (Phi) is 8.20. The fourth-order valence-corrected chi connectivity index (χ4v) is 2.13. The molecule has 0 atom stereocenters. The summed E-state index contributed by atoms with van der Waals surface area (Å²) in [5, 5.41) is 24.7. The number of benzene rings is 2. The number of nitrogens with zero attached hydrogens (tertiary/aromatic N) is 2. The molecule has 0 aromatic heterocycles. The average Bonchev–Trinajstić information content (AvgIpc) is 2.63. The lowest BCUT2D eigenvalue weighted by Crippen LogP contribution is -2.27. The molecule has 0 radical (unpaired) electrons. The summed E-state index contributed by atoms with van der Waals surface area (Å²) in [5.74, 6) is 0.366. The predicted octanol–water partition coefficient (Wildman–Crippen LogP) is 1.27. The molecule has 10 nitrogen and oxygen atoms in total. The Morgan fingerprint density at radius 1 is 1.22 bits per heavy atom. The first-order valence-corrected chi connectivity index (χ1v) is 8.79. The van der Waals surface area contributed by atoms with E-state index in [0.29, 0.717) is 11.3 Å². The van der Waals surface area contributed by atoms with Gasteiger partial charge in [-0.1, -0.05) is 17.7 Å². The Labute approximate surface area is 156 Å². The topological polar surface area (TPSA) is 167 Å². The van der Waals surface area contributed by atoms with Crippen LogP contribution in [-0.2, 0) is 10.1 Å². The number of phenolic OH excluding ortho intramolecular Hbond substituents is 1. The van der Waals surface area contributed by atoms with Gasteiger partial charge in [-0.25, -0.2) is 5.48 Å². The number of nitrogens with two attached hydrogens (primary N) is 1. The van der Waals surface area contributed by atoms with Gasteiger partial charge in [0.25, 0.3) is 10.1 Å². The number of hydroxylamine groups is 1. The van der Waals surface area contributed by atoms with Crippen molar-refractivity contribution >= 4 is 22.3 Å². The van der Waals surface area contributed by atoms with Gasteiger partial charge in [0.1, 0.15) is 11.5 Å². The van der Waals surface area contributed by atoms with Crippen molar-refractivity contribution in [1.29, 1.82) is 0 Å².